The van der Waals surface area contributed by atoms with E-state index in [2.05, 4.69) is 0 Å². The summed E-state index contributed by atoms with van der Waals surface area (Å²) in [4.78, 5) is 0. The first kappa shape index (κ1) is 17.9. The number of nitrogens with zero attached hydrogens (tertiary/aromatic N) is 1. The number of hydrogen-bond acceptors (Lipinski definition) is 3. The Kier molecular flexibility index (Phi) is 5.35. The molecule has 120 valence electrons. The molecule has 1 N–H and O–H groups in total. The van der Waals surface area contributed by atoms with Gasteiger partial charge in [0.15, 0.2) is 6.10 Å². The van der Waals surface area contributed by atoms with Crippen molar-refractivity contribution in [1.29, 1.82) is 0 Å². The molecule has 0 heterocycles. The van der Waals surface area contributed by atoms with Crippen LogP contribution in [0.1, 0.15) is 11.1 Å². The van der Waals surface area contributed by atoms with Gasteiger partial charge in [0.1, 0.15) is 5.82 Å². The van der Waals surface area contributed by atoms with Gasteiger partial charge in [-0.25, -0.2) is 17.1 Å². The first-order valence-electron chi connectivity index (χ1n) is 5.87. The second kappa shape index (κ2) is 6.29. The third kappa shape index (κ3) is 4.94. The maximum atomic E-state index is 13.6. The van der Waals surface area contributed by atoms with Crippen LogP contribution in [0, 0.1) is 12.7 Å². The average molecular weight is 329 g/mol. The molecule has 1 aromatic rings. The lowest BCUT2D eigenvalue weighted by Crippen LogP contribution is -2.42. The largest absolute Gasteiger partial charge is 0.415 e. The molecule has 0 bridgehead atoms. The van der Waals surface area contributed by atoms with E-state index in [1.54, 1.807) is 6.92 Å². The molecule has 0 saturated carbocycles. The molecule has 0 saturated heterocycles. The fourth-order valence-electron chi connectivity index (χ4n) is 1.54. The van der Waals surface area contributed by atoms with Gasteiger partial charge in [-0.05, 0) is 18.6 Å². The fourth-order valence-corrected chi connectivity index (χ4v) is 2.75. The van der Waals surface area contributed by atoms with E-state index in [-0.39, 0.29) is 5.56 Å². The quantitative estimate of drug-likeness (QED) is 0.839. The lowest BCUT2D eigenvalue weighted by Gasteiger charge is -2.22. The van der Waals surface area contributed by atoms with Crippen molar-refractivity contribution in [2.45, 2.75) is 25.0 Å². The Balaban J connectivity index is 2.86. The molecule has 0 amide bonds. The molecular weight excluding hydrogens is 314 g/mol. The smallest absolute Gasteiger partial charge is 0.382 e. The van der Waals surface area contributed by atoms with Crippen molar-refractivity contribution in [2.75, 3.05) is 13.6 Å². The molecule has 0 spiro atoms. The van der Waals surface area contributed by atoms with Crippen LogP contribution >= 0.6 is 0 Å². The van der Waals surface area contributed by atoms with Gasteiger partial charge >= 0.3 is 6.18 Å². The summed E-state index contributed by atoms with van der Waals surface area (Å²) in [7, 11) is -3.27. The summed E-state index contributed by atoms with van der Waals surface area (Å²) < 4.78 is 74.3. The minimum absolute atomic E-state index is 0.144. The molecule has 0 aliphatic heterocycles. The highest BCUT2D eigenvalue weighted by Crippen LogP contribution is 2.22. The minimum atomic E-state index is -4.92. The second-order valence-corrected chi connectivity index (χ2v) is 6.76. The highest BCUT2D eigenvalue weighted by molar-refractivity contribution is 7.88. The van der Waals surface area contributed by atoms with Crippen LogP contribution in [-0.4, -0.2) is 43.7 Å². The number of alkyl halides is 3. The van der Waals surface area contributed by atoms with E-state index < -0.39 is 40.4 Å². The summed E-state index contributed by atoms with van der Waals surface area (Å²) >= 11 is 0. The SMILES string of the molecule is Cc1ccc(CS(=O)(=O)N(C)C[C@@H](O)C(F)(F)F)c(F)c1. The number of sulfonamides is 1. The number of hydrogen-bond donors (Lipinski definition) is 1. The minimum Gasteiger partial charge on any atom is -0.382 e. The first-order valence-corrected chi connectivity index (χ1v) is 7.48. The molecule has 0 aliphatic carbocycles. The summed E-state index contributed by atoms with van der Waals surface area (Å²) in [6.07, 6.45) is -7.71. The summed E-state index contributed by atoms with van der Waals surface area (Å²) in [6.45, 7) is 0.479. The summed E-state index contributed by atoms with van der Waals surface area (Å²) in [5.41, 5.74) is 0.448. The maximum absolute atomic E-state index is 13.6. The Morgan fingerprint density at radius 2 is 1.90 bits per heavy atom. The number of aryl methyl sites for hydroxylation is 1. The zero-order chi connectivity index (χ0) is 16.4. The van der Waals surface area contributed by atoms with Crippen LogP contribution in [0.2, 0.25) is 0 Å². The van der Waals surface area contributed by atoms with Crippen molar-refractivity contribution >= 4 is 10.0 Å². The van der Waals surface area contributed by atoms with Gasteiger partial charge in [0.25, 0.3) is 0 Å². The van der Waals surface area contributed by atoms with Crippen molar-refractivity contribution in [3.63, 3.8) is 0 Å². The van der Waals surface area contributed by atoms with Crippen LogP contribution in [-0.2, 0) is 15.8 Å². The van der Waals surface area contributed by atoms with Crippen molar-refractivity contribution in [1.82, 2.24) is 4.31 Å². The molecule has 4 nitrogen and oxygen atoms in total. The summed E-state index contributed by atoms with van der Waals surface area (Å²) in [6, 6.07) is 3.89. The Morgan fingerprint density at radius 1 is 1.33 bits per heavy atom. The molecule has 0 aliphatic rings. The van der Waals surface area contributed by atoms with Crippen LogP contribution in [0.25, 0.3) is 0 Å². The Morgan fingerprint density at radius 3 is 2.38 bits per heavy atom. The summed E-state index contributed by atoms with van der Waals surface area (Å²) in [5, 5.41) is 8.87. The van der Waals surface area contributed by atoms with Gasteiger partial charge in [0.05, 0.1) is 5.75 Å². The average Bonchev–Trinajstić information content (AvgIpc) is 2.31. The van der Waals surface area contributed by atoms with Gasteiger partial charge < -0.3 is 5.11 Å². The molecule has 1 atom stereocenters. The standard InChI is InChI=1S/C12H15F4NO3S/c1-8-3-4-9(10(13)5-8)7-21(19,20)17(2)6-11(18)12(14,15)16/h3-5,11,18H,6-7H2,1-2H3/t11-/m1/s1. The number of rotatable bonds is 5. The maximum Gasteiger partial charge on any atom is 0.415 e. The van der Waals surface area contributed by atoms with Crippen LogP contribution in [0.3, 0.4) is 0 Å². The van der Waals surface area contributed by atoms with E-state index in [1.807, 2.05) is 0 Å². The number of aliphatic hydroxyl groups is 1. The van der Waals surface area contributed by atoms with Crippen LogP contribution in [0.5, 0.6) is 0 Å². The molecule has 0 radical (unpaired) electrons. The van der Waals surface area contributed by atoms with Gasteiger partial charge in [-0.15, -0.1) is 0 Å². The first-order chi connectivity index (χ1) is 9.43. The van der Waals surface area contributed by atoms with E-state index in [0.717, 1.165) is 13.1 Å². The molecular formula is C12H15F4NO3S. The second-order valence-electron chi connectivity index (χ2n) is 4.69. The van der Waals surface area contributed by atoms with Gasteiger partial charge in [0, 0.05) is 19.2 Å². The number of likely N-dealkylation sites (N-methyl/N-ethyl adjacent to an activating group) is 1. The zero-order valence-corrected chi connectivity index (χ0v) is 12.2. The van der Waals surface area contributed by atoms with E-state index in [9.17, 15) is 26.0 Å². The Labute approximate surface area is 120 Å². The van der Waals surface area contributed by atoms with Crippen molar-refractivity contribution in [2.24, 2.45) is 0 Å². The van der Waals surface area contributed by atoms with Crippen LogP contribution < -0.4 is 0 Å². The molecule has 9 heteroatoms. The lowest BCUT2D eigenvalue weighted by molar-refractivity contribution is -0.204. The highest BCUT2D eigenvalue weighted by Gasteiger charge is 2.40. The third-order valence-corrected chi connectivity index (χ3v) is 4.60. The van der Waals surface area contributed by atoms with Gasteiger partial charge in [-0.2, -0.15) is 13.2 Å². The van der Waals surface area contributed by atoms with E-state index >= 15 is 0 Å². The van der Waals surface area contributed by atoms with Gasteiger partial charge in [0.2, 0.25) is 10.0 Å². The van der Waals surface area contributed by atoms with E-state index in [4.69, 9.17) is 5.11 Å². The molecule has 1 aromatic carbocycles. The molecule has 0 unspecified atom stereocenters. The van der Waals surface area contributed by atoms with Crippen molar-refractivity contribution < 1.29 is 31.1 Å². The predicted molar refractivity (Wildman–Crippen MR) is 68.5 cm³/mol. The Hall–Kier alpha value is -1.19. The molecule has 0 fully saturated rings. The monoisotopic (exact) mass is 329 g/mol. The van der Waals surface area contributed by atoms with Crippen LogP contribution in [0.15, 0.2) is 18.2 Å². The van der Waals surface area contributed by atoms with Crippen LogP contribution in [0.4, 0.5) is 17.6 Å². The lowest BCUT2D eigenvalue weighted by atomic mass is 10.2. The van der Waals surface area contributed by atoms with Crippen molar-refractivity contribution in [3.05, 3.63) is 35.1 Å². The zero-order valence-electron chi connectivity index (χ0n) is 11.4. The molecule has 1 rings (SSSR count). The van der Waals surface area contributed by atoms with Crippen molar-refractivity contribution in [3.8, 4) is 0 Å². The topological polar surface area (TPSA) is 57.6 Å². The Bertz CT molecular complexity index is 601. The molecule has 21 heavy (non-hydrogen) atoms. The number of halogens is 4. The number of aliphatic hydroxyl groups excluding tert-OH is 1. The fraction of sp³-hybridized carbons (Fsp3) is 0.500. The molecule has 0 aromatic heterocycles. The highest BCUT2D eigenvalue weighted by atomic mass is 32.2. The van der Waals surface area contributed by atoms with Gasteiger partial charge in [-0.1, -0.05) is 12.1 Å². The van der Waals surface area contributed by atoms with E-state index in [1.165, 1.54) is 12.1 Å². The third-order valence-electron chi connectivity index (χ3n) is 2.83. The normalized spacial score (nSPS) is 14.5. The summed E-state index contributed by atoms with van der Waals surface area (Å²) in [5.74, 6) is -1.52. The van der Waals surface area contributed by atoms with E-state index in [0.29, 0.717) is 9.87 Å². The number of benzene rings is 1. The predicted octanol–water partition coefficient (Wildman–Crippen LogP) is 1.82. The van der Waals surface area contributed by atoms with Gasteiger partial charge in [-0.3, -0.25) is 0 Å².